The number of benzene rings is 7. The van der Waals surface area contributed by atoms with E-state index in [1.54, 1.807) is 39.8 Å². The van der Waals surface area contributed by atoms with E-state index in [4.69, 9.17) is 4.42 Å². The number of aliphatic carboxylic acids is 1. The molecule has 380 valence electrons. The molecule has 0 atom stereocenters. The quantitative estimate of drug-likeness (QED) is 0.0205. The number of thiocarbonyl (C=S) groups is 1. The fourth-order valence-electron chi connectivity index (χ4n) is 11.1. The summed E-state index contributed by atoms with van der Waals surface area (Å²) >= 11 is 4.61. The molecule has 5 aliphatic rings. The smallest absolute Gasteiger partial charge is 0.336 e. The third-order valence-corrected chi connectivity index (χ3v) is 16.7. The van der Waals surface area contributed by atoms with Gasteiger partial charge in [-0.1, -0.05) is 126 Å². The summed E-state index contributed by atoms with van der Waals surface area (Å²) in [6, 6.07) is 40.8. The molecule has 13 heteroatoms. The van der Waals surface area contributed by atoms with Gasteiger partial charge in [-0.25, -0.2) is 4.79 Å². The van der Waals surface area contributed by atoms with Crippen LogP contribution in [0.15, 0.2) is 178 Å². The number of nitrogens with zero attached hydrogens (tertiary/aromatic N) is 3. The Morgan fingerprint density at radius 2 is 1.49 bits per heavy atom. The van der Waals surface area contributed by atoms with Gasteiger partial charge in [-0.05, 0) is 120 Å². The average molecular weight is 1060 g/mol. The number of aryl methyl sites for hydroxylation is 1. The normalized spacial score (nSPS) is 15.9. The topological polar surface area (TPSA) is 140 Å². The van der Waals surface area contributed by atoms with E-state index in [1.807, 2.05) is 25.1 Å². The van der Waals surface area contributed by atoms with Crippen molar-refractivity contribution in [3.63, 3.8) is 0 Å². The zero-order valence-corrected chi connectivity index (χ0v) is 45.1. The van der Waals surface area contributed by atoms with Crippen LogP contribution in [-0.4, -0.2) is 61.1 Å². The lowest BCUT2D eigenvalue weighted by atomic mass is 9.79. The van der Waals surface area contributed by atoms with Crippen molar-refractivity contribution in [3.8, 4) is 22.5 Å². The van der Waals surface area contributed by atoms with E-state index in [-0.39, 0.29) is 32.8 Å². The lowest BCUT2D eigenvalue weighted by Gasteiger charge is -2.26. The largest absolute Gasteiger partial charge is 0.481 e. The molecule has 4 heterocycles. The lowest BCUT2D eigenvalue weighted by Crippen LogP contribution is -2.28. The molecule has 1 aliphatic carbocycles. The molecule has 11 rings (SSSR count). The van der Waals surface area contributed by atoms with E-state index < -0.39 is 11.9 Å². The minimum Gasteiger partial charge on any atom is -0.481 e. The molecule has 0 unspecified atom stereocenters. The van der Waals surface area contributed by atoms with E-state index in [2.05, 4.69) is 163 Å². The molecule has 6 aromatic rings. The minimum absolute atomic E-state index is 0.0612. The number of rotatable bonds is 14. The van der Waals surface area contributed by atoms with Gasteiger partial charge in [0.25, 0.3) is 0 Å². The van der Waals surface area contributed by atoms with Crippen molar-refractivity contribution < 1.29 is 33.6 Å². The molecule has 0 radical (unpaired) electrons. The summed E-state index contributed by atoms with van der Waals surface area (Å²) in [4.78, 5) is 54.0. The Balaban J connectivity index is 0.000000199. The molecule has 10 nitrogen and oxygen atoms in total. The average Bonchev–Trinajstić information content (AvgIpc) is 4.24. The van der Waals surface area contributed by atoms with Crippen LogP contribution in [0.1, 0.15) is 74.0 Å². The number of aromatic carboxylic acids is 1. The molecular formula is C63H54N3O7S3+. The van der Waals surface area contributed by atoms with Crippen molar-refractivity contribution in [2.45, 2.75) is 69.3 Å². The van der Waals surface area contributed by atoms with Crippen LogP contribution in [0.5, 0.6) is 0 Å². The molecule has 0 aromatic heterocycles. The van der Waals surface area contributed by atoms with Gasteiger partial charge >= 0.3 is 11.9 Å². The number of aliphatic imine (C=N–C) groups is 1. The Morgan fingerprint density at radius 1 is 0.776 bits per heavy atom. The Labute approximate surface area is 453 Å². The van der Waals surface area contributed by atoms with Gasteiger partial charge in [-0.2, -0.15) is 9.57 Å². The fourth-order valence-corrected chi connectivity index (χ4v) is 12.5. The van der Waals surface area contributed by atoms with Gasteiger partial charge in [-0.15, -0.1) is 0 Å². The third kappa shape index (κ3) is 9.99. The van der Waals surface area contributed by atoms with Gasteiger partial charge in [0.1, 0.15) is 22.5 Å². The summed E-state index contributed by atoms with van der Waals surface area (Å²) in [5, 5.41) is 27.3. The number of ketones is 1. The number of hydrogen-bond acceptors (Lipinski definition) is 10. The molecule has 4 aliphatic heterocycles. The van der Waals surface area contributed by atoms with Crippen LogP contribution in [-0.2, 0) is 20.4 Å². The van der Waals surface area contributed by atoms with Gasteiger partial charge in [0.2, 0.25) is 5.69 Å². The van der Waals surface area contributed by atoms with Crippen molar-refractivity contribution in [3.05, 3.63) is 196 Å². The summed E-state index contributed by atoms with van der Waals surface area (Å²) in [6.07, 6.45) is 12.1. The molecule has 0 bridgehead atoms. The second-order valence-corrected chi connectivity index (χ2v) is 23.2. The van der Waals surface area contributed by atoms with Gasteiger partial charge < -0.3 is 19.5 Å². The van der Waals surface area contributed by atoms with Crippen LogP contribution in [0.25, 0.3) is 55.0 Å². The van der Waals surface area contributed by atoms with E-state index >= 15 is 0 Å². The highest BCUT2D eigenvalue weighted by atomic mass is 33.2. The highest BCUT2D eigenvalue weighted by Crippen LogP contribution is 2.54. The number of Topliss-reactive ketones (excluding diaryl/α,β-unsaturated/α-hetero) is 1. The first-order valence-corrected chi connectivity index (χ1v) is 27.8. The first-order valence-electron chi connectivity index (χ1n) is 25.1. The molecule has 1 fully saturated rings. The van der Waals surface area contributed by atoms with Crippen molar-refractivity contribution in [2.75, 3.05) is 18.0 Å². The molecule has 76 heavy (non-hydrogen) atoms. The highest BCUT2D eigenvalue weighted by molar-refractivity contribution is 8.93. The van der Waals surface area contributed by atoms with Crippen LogP contribution < -0.4 is 10.3 Å². The Kier molecular flexibility index (Phi) is 14.4. The van der Waals surface area contributed by atoms with E-state index in [0.717, 1.165) is 35.3 Å². The molecule has 2 N–H and O–H groups in total. The molecule has 0 saturated carbocycles. The summed E-state index contributed by atoms with van der Waals surface area (Å²) in [7, 11) is 3.34. The number of carboxylic acids is 2. The van der Waals surface area contributed by atoms with Gasteiger partial charge in [0.15, 0.2) is 16.9 Å². The first kappa shape index (κ1) is 51.8. The monoisotopic (exact) mass is 1060 g/mol. The zero-order valence-electron chi connectivity index (χ0n) is 42.6. The van der Waals surface area contributed by atoms with Crippen molar-refractivity contribution in [1.29, 1.82) is 0 Å². The molecule has 0 spiro atoms. The van der Waals surface area contributed by atoms with Crippen LogP contribution in [0.3, 0.4) is 0 Å². The second-order valence-electron chi connectivity index (χ2n) is 20.2. The maximum atomic E-state index is 12.5. The van der Waals surface area contributed by atoms with Crippen LogP contribution >= 0.6 is 33.8 Å². The third-order valence-electron chi connectivity index (χ3n) is 14.6. The Morgan fingerprint density at radius 3 is 2.20 bits per heavy atom. The number of hydrogen-bond donors (Lipinski definition) is 2. The summed E-state index contributed by atoms with van der Waals surface area (Å²) in [5.74, 6) is -1.15. The number of isothiocyanates is 1. The van der Waals surface area contributed by atoms with E-state index in [9.17, 15) is 29.4 Å². The fraction of sp³-hybridized carbons (Fsp3) is 0.206. The minimum atomic E-state index is -1.09. The highest BCUT2D eigenvalue weighted by Gasteiger charge is 2.46. The molecule has 6 aromatic carbocycles. The van der Waals surface area contributed by atoms with Crippen LogP contribution in [0.2, 0.25) is 0 Å². The van der Waals surface area contributed by atoms with Crippen molar-refractivity contribution in [2.24, 2.45) is 4.99 Å². The van der Waals surface area contributed by atoms with Crippen molar-refractivity contribution >= 4 is 112 Å². The maximum Gasteiger partial charge on any atom is 0.336 e. The number of anilines is 1. The van der Waals surface area contributed by atoms with E-state index in [1.165, 1.54) is 62.3 Å². The standard InChI is InChI=1S/C41H40N2O3S2.C22H13NO4S/c1-40(2)34(42(25-12-17-33(44)39-47-48-39)31-22-20-27-13-8-10-15-29(27)37(31)40)18-6-5-7-19-35-41(3,4)38-30-16-11-9-14-28(30)21-23-32(38)43(35)26-24-36(45)46;1-12-2-5-16-19(8-12)27-20-10-14(24)4-7-17(20)21(16)15-6-3-13(23-11-28)9-18(15)22(25)26/h5-11,13-16,18-23,39H,12,17,24-26H2,1-4H3;2-10H,1H3,(H,25,26)/p+1. The Hall–Kier alpha value is -7.67. The van der Waals surface area contributed by atoms with Crippen molar-refractivity contribution in [1.82, 2.24) is 0 Å². The summed E-state index contributed by atoms with van der Waals surface area (Å²) in [6.45, 7) is 12.2. The van der Waals surface area contributed by atoms with Crippen LogP contribution in [0, 0.1) is 6.92 Å². The zero-order chi connectivity index (χ0) is 53.5. The SMILES string of the molecule is CC1(C)C(/C=C/C=C/C=C2\N(CCC(=O)O)c3ccc4ccccc4c3C2(C)C)=[N+](CCCC(=O)C2SS2)c2ccc3ccccc3c21.Cc1ccc2c(-c3ccc(N=C=S)cc3C(=O)O)c3ccc(=O)cc-3oc2c1. The number of carbonyl (C=O) groups is 3. The molecular weight excluding hydrogens is 1010 g/mol. The first-order chi connectivity index (χ1) is 36.6. The number of carbonyl (C=O) groups excluding carboxylic acids is 1. The maximum absolute atomic E-state index is 12.5. The Bertz CT molecular complexity index is 3910. The lowest BCUT2D eigenvalue weighted by molar-refractivity contribution is -0.438. The van der Waals surface area contributed by atoms with Gasteiger partial charge in [0.05, 0.1) is 28.2 Å². The number of fused-ring (bicyclic) bond motifs is 8. The predicted molar refractivity (Wildman–Crippen MR) is 314 cm³/mol. The summed E-state index contributed by atoms with van der Waals surface area (Å²) < 4.78 is 8.49. The molecule has 1 saturated heterocycles. The van der Waals surface area contributed by atoms with Gasteiger partial charge in [-0.3, -0.25) is 14.4 Å². The van der Waals surface area contributed by atoms with Gasteiger partial charge in [0, 0.05) is 76.5 Å². The van der Waals surface area contributed by atoms with Crippen LogP contribution in [0.4, 0.5) is 17.1 Å². The number of allylic oxidation sites excluding steroid dienone is 6. The van der Waals surface area contributed by atoms with E-state index in [0.29, 0.717) is 52.5 Å². The second kappa shape index (κ2) is 21.2. The predicted octanol–water partition coefficient (Wildman–Crippen LogP) is 15.0. The summed E-state index contributed by atoms with van der Waals surface area (Å²) in [5.41, 5.74) is 10.4. The number of carboxylic acid groups (broad SMARTS) is 2. The molecule has 0 amide bonds.